The van der Waals surface area contributed by atoms with Gasteiger partial charge in [-0.2, -0.15) is 13.2 Å². The minimum atomic E-state index is -4.54. The van der Waals surface area contributed by atoms with Gasteiger partial charge in [0, 0.05) is 5.56 Å². The van der Waals surface area contributed by atoms with E-state index in [0.717, 1.165) is 12.1 Å². The smallest absolute Gasteiger partial charge is 0.416 e. The van der Waals surface area contributed by atoms with Gasteiger partial charge >= 0.3 is 12.1 Å². The molecule has 0 heterocycles. The molecule has 2 aromatic carbocycles. The maximum atomic E-state index is 13.8. The number of carbonyl (C=O) groups excluding carboxylic acids is 1. The molecular formula is C19H19F4N3O2S. The Bertz CT molecular complexity index is 919. The number of halogens is 4. The van der Waals surface area contributed by atoms with Gasteiger partial charge in [0.1, 0.15) is 5.82 Å². The van der Waals surface area contributed by atoms with Gasteiger partial charge < -0.3 is 21.1 Å². The number of benzene rings is 2. The topological polar surface area (TPSA) is 76.4 Å². The molecule has 0 saturated carbocycles. The van der Waals surface area contributed by atoms with Gasteiger partial charge in [-0.25, -0.2) is 4.39 Å². The molecule has 0 aliphatic carbocycles. The van der Waals surface area contributed by atoms with Gasteiger partial charge in [0.2, 0.25) is 0 Å². The van der Waals surface area contributed by atoms with Crippen molar-refractivity contribution in [1.29, 1.82) is 0 Å². The molecule has 0 amide bonds. The molecule has 5 nitrogen and oxygen atoms in total. The van der Waals surface area contributed by atoms with E-state index in [0.29, 0.717) is 0 Å². The Morgan fingerprint density at radius 3 is 2.59 bits per heavy atom. The maximum Gasteiger partial charge on any atom is 0.416 e. The van der Waals surface area contributed by atoms with Crippen LogP contribution in [0.1, 0.15) is 29.2 Å². The third kappa shape index (κ3) is 5.80. The number of hydrogen-bond acceptors (Lipinski definition) is 4. The number of rotatable bonds is 5. The molecule has 1 unspecified atom stereocenters. The van der Waals surface area contributed by atoms with Crippen LogP contribution in [0.4, 0.5) is 28.9 Å². The van der Waals surface area contributed by atoms with Crippen molar-refractivity contribution in [3.8, 4) is 0 Å². The van der Waals surface area contributed by atoms with Crippen LogP contribution in [0.15, 0.2) is 36.4 Å². The van der Waals surface area contributed by atoms with Gasteiger partial charge in [0.05, 0.1) is 36.5 Å². The number of methoxy groups -OCH3 is 1. The van der Waals surface area contributed by atoms with Crippen LogP contribution in [-0.4, -0.2) is 18.2 Å². The minimum absolute atomic E-state index is 0.0447. The zero-order valence-electron chi connectivity index (χ0n) is 15.6. The number of nitrogens with one attached hydrogen (secondary N) is 2. The predicted molar refractivity (Wildman–Crippen MR) is 106 cm³/mol. The highest BCUT2D eigenvalue weighted by Crippen LogP contribution is 2.31. The number of thiocarbonyl (C=S) groups is 1. The van der Waals surface area contributed by atoms with Crippen LogP contribution < -0.4 is 16.4 Å². The minimum Gasteiger partial charge on any atom is -0.469 e. The van der Waals surface area contributed by atoms with E-state index in [1.165, 1.54) is 38.3 Å². The van der Waals surface area contributed by atoms with Crippen molar-refractivity contribution in [2.45, 2.75) is 25.6 Å². The lowest BCUT2D eigenvalue weighted by Crippen LogP contribution is -2.34. The first kappa shape index (κ1) is 22.4. The Morgan fingerprint density at radius 2 is 1.97 bits per heavy atom. The summed E-state index contributed by atoms with van der Waals surface area (Å²) < 4.78 is 57.5. The van der Waals surface area contributed by atoms with Gasteiger partial charge in [-0.3, -0.25) is 4.79 Å². The van der Waals surface area contributed by atoms with Crippen LogP contribution in [0.25, 0.3) is 0 Å². The Morgan fingerprint density at radius 1 is 1.28 bits per heavy atom. The summed E-state index contributed by atoms with van der Waals surface area (Å²) in [6.07, 6.45) is -4.82. The van der Waals surface area contributed by atoms with E-state index in [-0.39, 0.29) is 34.0 Å². The molecule has 0 bridgehead atoms. The fraction of sp³-hybridized carbons (Fsp3) is 0.263. The zero-order valence-corrected chi connectivity index (χ0v) is 16.4. The summed E-state index contributed by atoms with van der Waals surface area (Å²) in [4.78, 5) is 11.8. The SMILES string of the molecule is COC(=O)CC(NC(=S)Nc1c(N)ccc(F)c1C)c1cccc(C(F)(F)F)c1. The van der Waals surface area contributed by atoms with E-state index in [9.17, 15) is 22.4 Å². The Labute approximate surface area is 170 Å². The lowest BCUT2D eigenvalue weighted by Gasteiger charge is -2.22. The van der Waals surface area contributed by atoms with Crippen LogP contribution in [0.2, 0.25) is 0 Å². The second-order valence-corrected chi connectivity index (χ2v) is 6.60. The second-order valence-electron chi connectivity index (χ2n) is 6.19. The lowest BCUT2D eigenvalue weighted by molar-refractivity contribution is -0.141. The highest BCUT2D eigenvalue weighted by molar-refractivity contribution is 7.80. The van der Waals surface area contributed by atoms with Gasteiger partial charge in [-0.15, -0.1) is 0 Å². The van der Waals surface area contributed by atoms with Gasteiger partial charge in [-0.05, 0) is 49.0 Å². The summed E-state index contributed by atoms with van der Waals surface area (Å²) in [5.41, 5.74) is 5.83. The molecule has 2 aromatic rings. The fourth-order valence-electron chi connectivity index (χ4n) is 2.61. The molecule has 0 aliphatic rings. The van der Waals surface area contributed by atoms with E-state index in [2.05, 4.69) is 15.4 Å². The molecule has 2 rings (SSSR count). The van der Waals surface area contributed by atoms with Crippen LogP contribution in [0.5, 0.6) is 0 Å². The van der Waals surface area contributed by atoms with E-state index in [4.69, 9.17) is 18.0 Å². The zero-order chi connectivity index (χ0) is 21.8. The normalized spacial score (nSPS) is 12.2. The first-order valence-corrected chi connectivity index (χ1v) is 8.79. The van der Waals surface area contributed by atoms with E-state index in [1.807, 2.05) is 0 Å². The second kappa shape index (κ2) is 9.08. The molecule has 0 spiro atoms. The van der Waals surface area contributed by atoms with Crippen LogP contribution in [0, 0.1) is 12.7 Å². The van der Waals surface area contributed by atoms with E-state index in [1.54, 1.807) is 0 Å². The summed E-state index contributed by atoms with van der Waals surface area (Å²) in [6, 6.07) is 6.15. The fourth-order valence-corrected chi connectivity index (χ4v) is 2.86. The number of nitrogen functional groups attached to an aromatic ring is 1. The Balaban J connectivity index is 2.29. The molecule has 4 N–H and O–H groups in total. The third-order valence-corrected chi connectivity index (χ3v) is 4.41. The van der Waals surface area contributed by atoms with E-state index >= 15 is 0 Å². The lowest BCUT2D eigenvalue weighted by atomic mass is 10.0. The molecule has 1 atom stereocenters. The summed E-state index contributed by atoms with van der Waals surface area (Å²) in [5, 5.41) is 5.47. The number of carbonyl (C=O) groups is 1. The number of hydrogen-bond donors (Lipinski definition) is 3. The molecule has 0 aromatic heterocycles. The van der Waals surface area contributed by atoms with Crippen molar-refractivity contribution in [1.82, 2.24) is 5.32 Å². The Hall–Kier alpha value is -2.88. The molecule has 0 aliphatic heterocycles. The van der Waals surface area contributed by atoms with Crippen LogP contribution in [0.3, 0.4) is 0 Å². The highest BCUT2D eigenvalue weighted by Gasteiger charge is 2.31. The summed E-state index contributed by atoms with van der Waals surface area (Å²) in [5.74, 6) is -1.15. The number of anilines is 2. The average molecular weight is 429 g/mol. The Kier molecular flexibility index (Phi) is 7.02. The molecule has 0 radical (unpaired) electrons. The number of ether oxygens (including phenoxy) is 1. The van der Waals surface area contributed by atoms with Crippen molar-refractivity contribution < 1.29 is 27.1 Å². The standard InChI is InChI=1S/C19H19F4N3O2S/c1-10-13(20)6-7-14(24)17(10)26-18(29)25-15(9-16(27)28-2)11-4-3-5-12(8-11)19(21,22)23/h3-8,15H,9,24H2,1-2H3,(H2,25,26,29). The van der Waals surface area contributed by atoms with Crippen LogP contribution in [-0.2, 0) is 15.7 Å². The first-order valence-electron chi connectivity index (χ1n) is 8.39. The monoisotopic (exact) mass is 429 g/mol. The van der Waals surface area contributed by atoms with Crippen molar-refractivity contribution in [2.75, 3.05) is 18.2 Å². The average Bonchev–Trinajstić information content (AvgIpc) is 2.67. The van der Waals surface area contributed by atoms with Crippen molar-refractivity contribution >= 4 is 34.7 Å². The molecule has 0 fully saturated rings. The van der Waals surface area contributed by atoms with Crippen molar-refractivity contribution in [2.24, 2.45) is 0 Å². The predicted octanol–water partition coefficient (Wildman–Crippen LogP) is 4.33. The van der Waals surface area contributed by atoms with Gasteiger partial charge in [0.25, 0.3) is 0 Å². The maximum absolute atomic E-state index is 13.8. The van der Waals surface area contributed by atoms with Crippen molar-refractivity contribution in [3.63, 3.8) is 0 Å². The highest BCUT2D eigenvalue weighted by atomic mass is 32.1. The number of alkyl halides is 3. The molecule has 0 saturated heterocycles. The first-order chi connectivity index (χ1) is 13.5. The molecule has 29 heavy (non-hydrogen) atoms. The summed E-state index contributed by atoms with van der Waals surface area (Å²) in [7, 11) is 1.17. The number of nitrogens with two attached hydrogens (primary N) is 1. The molecular weight excluding hydrogens is 410 g/mol. The third-order valence-electron chi connectivity index (χ3n) is 4.19. The molecule has 10 heteroatoms. The largest absolute Gasteiger partial charge is 0.469 e. The van der Waals surface area contributed by atoms with Crippen LogP contribution >= 0.6 is 12.2 Å². The summed E-state index contributed by atoms with van der Waals surface area (Å²) in [6.45, 7) is 1.50. The quantitative estimate of drug-likeness (QED) is 0.284. The van der Waals surface area contributed by atoms with Crippen molar-refractivity contribution in [3.05, 3.63) is 58.9 Å². The van der Waals surface area contributed by atoms with Gasteiger partial charge in [-0.1, -0.05) is 12.1 Å². The van der Waals surface area contributed by atoms with Gasteiger partial charge in [0.15, 0.2) is 5.11 Å². The number of esters is 1. The van der Waals surface area contributed by atoms with E-state index < -0.39 is 29.6 Å². The molecule has 156 valence electrons. The summed E-state index contributed by atoms with van der Waals surface area (Å²) >= 11 is 5.20.